The molecule has 1 aromatic heterocycles. The van der Waals surface area contributed by atoms with Crippen LogP contribution in [0.3, 0.4) is 0 Å². The number of hydrogen-bond donors (Lipinski definition) is 4. The van der Waals surface area contributed by atoms with Gasteiger partial charge in [-0.1, -0.05) is 12.1 Å². The summed E-state index contributed by atoms with van der Waals surface area (Å²) in [6.45, 7) is 2.68. The number of ether oxygens (including phenoxy) is 1. The van der Waals surface area contributed by atoms with Crippen molar-refractivity contribution in [2.45, 2.75) is 31.7 Å². The smallest absolute Gasteiger partial charge is 0.222 e. The van der Waals surface area contributed by atoms with Crippen LogP contribution < -0.4 is 25.6 Å². The molecular formula is C29H36N8O2. The van der Waals surface area contributed by atoms with Gasteiger partial charge in [-0.15, -0.1) is 0 Å². The number of benzene rings is 2. The van der Waals surface area contributed by atoms with Crippen LogP contribution in [0.1, 0.15) is 31.2 Å². The molecule has 5 rings (SSSR count). The zero-order valence-corrected chi connectivity index (χ0v) is 22.8. The lowest BCUT2D eigenvalue weighted by atomic mass is 10.0. The van der Waals surface area contributed by atoms with Gasteiger partial charge in [-0.3, -0.25) is 4.79 Å². The molecule has 2 aromatic carbocycles. The molecular weight excluding hydrogens is 492 g/mol. The van der Waals surface area contributed by atoms with Crippen molar-refractivity contribution in [2.75, 3.05) is 61.7 Å². The highest BCUT2D eigenvalue weighted by atomic mass is 16.5. The van der Waals surface area contributed by atoms with Crippen LogP contribution in [0.4, 0.5) is 28.6 Å². The zero-order valence-electron chi connectivity index (χ0n) is 22.8. The lowest BCUT2D eigenvalue weighted by Crippen LogP contribution is -2.45. The second-order valence-electron chi connectivity index (χ2n) is 9.84. The number of anilines is 5. The van der Waals surface area contributed by atoms with E-state index in [2.05, 4.69) is 41.8 Å². The average Bonchev–Trinajstić information content (AvgIpc) is 3.42. The second-order valence-corrected chi connectivity index (χ2v) is 9.84. The highest BCUT2D eigenvalue weighted by Crippen LogP contribution is 2.39. The molecule has 39 heavy (non-hydrogen) atoms. The highest BCUT2D eigenvalue weighted by Gasteiger charge is 2.31. The minimum absolute atomic E-state index is 0.306. The van der Waals surface area contributed by atoms with E-state index < -0.39 is 0 Å². The summed E-state index contributed by atoms with van der Waals surface area (Å²) in [5.74, 6) is 1.67. The molecule has 1 amide bonds. The van der Waals surface area contributed by atoms with Crippen molar-refractivity contribution >= 4 is 40.7 Å². The fraction of sp³-hybridized carbons (Fsp3) is 0.379. The number of piperidine rings is 1. The first-order valence-electron chi connectivity index (χ1n) is 13.4. The van der Waals surface area contributed by atoms with Gasteiger partial charge < -0.3 is 35.9 Å². The summed E-state index contributed by atoms with van der Waals surface area (Å²) < 4.78 is 5.79. The molecule has 204 valence electrons. The summed E-state index contributed by atoms with van der Waals surface area (Å²) in [5, 5.41) is 17.5. The third-order valence-electron chi connectivity index (χ3n) is 7.65. The van der Waals surface area contributed by atoms with Crippen molar-refractivity contribution < 1.29 is 9.53 Å². The van der Waals surface area contributed by atoms with Crippen LogP contribution in [0.5, 0.6) is 5.75 Å². The molecule has 10 heteroatoms. The van der Waals surface area contributed by atoms with Crippen molar-refractivity contribution in [3.05, 3.63) is 48.3 Å². The summed E-state index contributed by atoms with van der Waals surface area (Å²) in [7, 11) is 5.43. The summed E-state index contributed by atoms with van der Waals surface area (Å²) >= 11 is 0. The number of amides is 1. The monoisotopic (exact) mass is 528 g/mol. The molecule has 2 fully saturated rings. The maximum atomic E-state index is 12.2. The molecule has 2 aliphatic heterocycles. The molecule has 0 atom stereocenters. The topological polar surface area (TPSA) is 118 Å². The normalized spacial score (nSPS) is 15.8. The predicted octanol–water partition coefficient (Wildman–Crippen LogP) is 4.57. The molecule has 3 heterocycles. The third-order valence-corrected chi connectivity index (χ3v) is 7.65. The first-order valence-corrected chi connectivity index (χ1v) is 13.4. The number of nitrogens with one attached hydrogen (secondary N) is 4. The number of carbonyl (C=O) groups is 1. The SMILES string of the molecule is CNc1cc(-c2cc(Nc3cc(NC)c(N4CCC(N5CCCC5=O)CC4)cc3OC)ncn2)ccc1C=N. The van der Waals surface area contributed by atoms with E-state index in [-0.39, 0.29) is 0 Å². The molecule has 0 radical (unpaired) electrons. The van der Waals surface area contributed by atoms with E-state index in [9.17, 15) is 4.79 Å². The standard InChI is InChI=1S/C29H36N8O2/c1-31-22-13-19(6-7-20(22)17-30)23-15-28(34-18-33-23)35-25-14-24(32-2)26(16-27(25)39-3)36-11-8-21(9-12-36)37-10-4-5-29(37)38/h6-7,13-18,21,30-32H,4-5,8-12H2,1-3H3,(H,33,34,35). The number of methoxy groups -OCH3 is 1. The van der Waals surface area contributed by atoms with Gasteiger partial charge in [0.1, 0.15) is 17.9 Å². The van der Waals surface area contributed by atoms with Crippen LogP contribution in [-0.4, -0.2) is 73.9 Å². The van der Waals surface area contributed by atoms with Gasteiger partial charge in [0, 0.05) is 81.4 Å². The highest BCUT2D eigenvalue weighted by molar-refractivity contribution is 5.88. The molecule has 0 unspecified atom stereocenters. The number of hydrogen-bond acceptors (Lipinski definition) is 9. The summed E-state index contributed by atoms with van der Waals surface area (Å²) in [6.07, 6.45) is 6.48. The molecule has 3 aromatic rings. The van der Waals surface area contributed by atoms with Crippen LogP contribution >= 0.6 is 0 Å². The Morgan fingerprint density at radius 1 is 1.00 bits per heavy atom. The van der Waals surface area contributed by atoms with Gasteiger partial charge in [0.15, 0.2) is 0 Å². The van der Waals surface area contributed by atoms with E-state index in [1.54, 1.807) is 7.11 Å². The van der Waals surface area contributed by atoms with Crippen molar-refractivity contribution in [3.63, 3.8) is 0 Å². The first kappa shape index (κ1) is 26.3. The van der Waals surface area contributed by atoms with Gasteiger partial charge in [0.05, 0.1) is 29.9 Å². The van der Waals surface area contributed by atoms with Crippen molar-refractivity contribution in [3.8, 4) is 17.0 Å². The zero-order chi connectivity index (χ0) is 27.4. The van der Waals surface area contributed by atoms with E-state index >= 15 is 0 Å². The Labute approximate surface area is 229 Å². The van der Waals surface area contributed by atoms with Gasteiger partial charge in [-0.05, 0) is 31.4 Å². The van der Waals surface area contributed by atoms with E-state index in [4.69, 9.17) is 10.1 Å². The fourth-order valence-electron chi connectivity index (χ4n) is 5.55. The van der Waals surface area contributed by atoms with E-state index in [1.807, 2.05) is 44.4 Å². The molecule has 4 N–H and O–H groups in total. The Morgan fingerprint density at radius 2 is 1.79 bits per heavy atom. The quantitative estimate of drug-likeness (QED) is 0.298. The van der Waals surface area contributed by atoms with Crippen molar-refractivity contribution in [1.29, 1.82) is 5.41 Å². The Balaban J connectivity index is 1.36. The van der Waals surface area contributed by atoms with E-state index in [0.717, 1.165) is 78.5 Å². The first-order chi connectivity index (χ1) is 19.0. The minimum Gasteiger partial charge on any atom is -0.494 e. The molecule has 0 saturated carbocycles. The van der Waals surface area contributed by atoms with Crippen LogP contribution in [0.2, 0.25) is 0 Å². The van der Waals surface area contributed by atoms with Gasteiger partial charge >= 0.3 is 0 Å². The van der Waals surface area contributed by atoms with Crippen molar-refractivity contribution in [2.24, 2.45) is 0 Å². The number of aromatic nitrogens is 2. The molecule has 10 nitrogen and oxygen atoms in total. The number of likely N-dealkylation sites (tertiary alicyclic amines) is 1. The maximum Gasteiger partial charge on any atom is 0.222 e. The third kappa shape index (κ3) is 5.45. The lowest BCUT2D eigenvalue weighted by Gasteiger charge is -2.38. The van der Waals surface area contributed by atoms with Gasteiger partial charge in [0.2, 0.25) is 5.91 Å². The maximum absolute atomic E-state index is 12.2. The Bertz CT molecular complexity index is 1350. The summed E-state index contributed by atoms with van der Waals surface area (Å²) in [5.41, 5.74) is 6.24. The Morgan fingerprint density at radius 3 is 2.46 bits per heavy atom. The number of nitrogens with zero attached hydrogens (tertiary/aromatic N) is 4. The molecule has 2 saturated heterocycles. The van der Waals surface area contributed by atoms with Crippen LogP contribution in [0.25, 0.3) is 11.3 Å². The average molecular weight is 529 g/mol. The number of carbonyl (C=O) groups excluding carboxylic acids is 1. The minimum atomic E-state index is 0.306. The van der Waals surface area contributed by atoms with Crippen molar-refractivity contribution in [1.82, 2.24) is 14.9 Å². The van der Waals surface area contributed by atoms with E-state index in [0.29, 0.717) is 29.9 Å². The van der Waals surface area contributed by atoms with Gasteiger partial charge in [0.25, 0.3) is 0 Å². The van der Waals surface area contributed by atoms with Gasteiger partial charge in [-0.2, -0.15) is 0 Å². The van der Waals surface area contributed by atoms with Crippen LogP contribution in [0.15, 0.2) is 42.7 Å². The predicted molar refractivity (Wildman–Crippen MR) is 157 cm³/mol. The molecule has 0 bridgehead atoms. The van der Waals surface area contributed by atoms with Crippen LogP contribution in [-0.2, 0) is 4.79 Å². The second kappa shape index (κ2) is 11.6. The molecule has 2 aliphatic rings. The molecule has 0 spiro atoms. The number of rotatable bonds is 9. The Kier molecular flexibility index (Phi) is 7.81. The molecule has 0 aliphatic carbocycles. The summed E-state index contributed by atoms with van der Waals surface area (Å²) in [4.78, 5) is 25.6. The Hall–Kier alpha value is -4.34. The van der Waals surface area contributed by atoms with E-state index in [1.165, 1.54) is 12.5 Å². The lowest BCUT2D eigenvalue weighted by molar-refractivity contribution is -0.130. The largest absolute Gasteiger partial charge is 0.494 e. The fourth-order valence-corrected chi connectivity index (χ4v) is 5.55. The van der Waals surface area contributed by atoms with Gasteiger partial charge in [-0.25, -0.2) is 9.97 Å². The summed E-state index contributed by atoms with van der Waals surface area (Å²) in [6, 6.07) is 12.2. The van der Waals surface area contributed by atoms with Crippen LogP contribution in [0, 0.1) is 5.41 Å².